The zero-order valence-electron chi connectivity index (χ0n) is 38.3. The third-order valence-corrected chi connectivity index (χ3v) is 12.3. The van der Waals surface area contributed by atoms with Crippen molar-refractivity contribution in [2.24, 2.45) is 23.7 Å². The van der Waals surface area contributed by atoms with Gasteiger partial charge in [-0.25, -0.2) is 4.79 Å². The molecule has 2 aliphatic rings. The fourth-order valence-corrected chi connectivity index (χ4v) is 8.46. The van der Waals surface area contributed by atoms with Crippen molar-refractivity contribution in [3.8, 4) is 0 Å². The first-order chi connectivity index (χ1) is 30.2. The summed E-state index contributed by atoms with van der Waals surface area (Å²) >= 11 is 0. The van der Waals surface area contributed by atoms with Crippen LogP contribution in [0.1, 0.15) is 129 Å². The number of nitrogens with one attached hydrogen (secondary N) is 2. The fourth-order valence-electron chi connectivity index (χ4n) is 8.46. The highest BCUT2D eigenvalue weighted by Gasteiger charge is 2.52. The van der Waals surface area contributed by atoms with Crippen molar-refractivity contribution in [2.75, 3.05) is 13.1 Å². The number of fused-ring (bicyclic) bond motifs is 1. The van der Waals surface area contributed by atoms with Crippen molar-refractivity contribution in [1.29, 1.82) is 0 Å². The number of nitrogens with zero attached hydrogens (tertiary/aromatic N) is 2. The number of carbonyl (C=O) groups is 8. The number of Topliss-reactive ketones (excluding diaryl/α,β-unsaturated/α-hetero) is 4. The maximum Gasteiger partial charge on any atom is 0.410 e. The maximum absolute atomic E-state index is 15.7. The summed E-state index contributed by atoms with van der Waals surface area (Å²) in [4.78, 5) is 110. The van der Waals surface area contributed by atoms with Crippen molar-refractivity contribution < 1.29 is 51.9 Å². The molecule has 2 aromatic carbocycles. The van der Waals surface area contributed by atoms with E-state index in [1.54, 1.807) is 65.0 Å². The molecule has 4 amide bonds. The van der Waals surface area contributed by atoms with Crippen molar-refractivity contribution >= 4 is 46.9 Å². The van der Waals surface area contributed by atoms with E-state index in [9.17, 15) is 38.4 Å². The number of hydrogen-bond donors (Lipinski definition) is 2. The van der Waals surface area contributed by atoms with E-state index in [2.05, 4.69) is 10.6 Å². The Balaban J connectivity index is 1.56. The summed E-state index contributed by atoms with van der Waals surface area (Å²) in [5.74, 6) is -13.2. The summed E-state index contributed by atoms with van der Waals surface area (Å²) in [5, 5.41) is 5.04. The summed E-state index contributed by atoms with van der Waals surface area (Å²) in [6.07, 6.45) is -0.340. The van der Waals surface area contributed by atoms with Crippen molar-refractivity contribution in [3.05, 3.63) is 71.3 Å². The lowest BCUT2D eigenvalue weighted by Gasteiger charge is -2.32. The third kappa shape index (κ3) is 13.8. The first kappa shape index (κ1) is 51.3. The van der Waals surface area contributed by atoms with Gasteiger partial charge in [0.1, 0.15) is 23.7 Å². The minimum Gasteiger partial charge on any atom is -0.444 e. The second-order valence-electron chi connectivity index (χ2n) is 18.1. The third-order valence-electron chi connectivity index (χ3n) is 12.3. The number of benzene rings is 2. The lowest BCUT2D eigenvalue weighted by molar-refractivity contribution is -0.162. The number of carbonyl (C=O) groups excluding carboxylic acids is 8. The standard InChI is InChI=1S/C49H66F2N4O9/c1-8-16-36(44(59)49(50,51)47(62)52-33(7)34-18-10-9-11-19-34)25-42(58)41-27-39(64-48(63)54-24-23-35-20-13-14-21-37(35)28-54)29-55(41)46(61)43(31(4)5)53-45(60)40(30(2)3)26-38(57)22-15-12-17-32(6)56/h9-11,13-14,18-21,30-31,33,36,39-41,43H,8,12,15-17,22-29H2,1-7H3,(H,52,62)(H,53,60)/t33-,36+,39+,40-,41-,43-/m0/s1. The van der Waals surface area contributed by atoms with Gasteiger partial charge in [0.05, 0.1) is 18.6 Å². The Bertz CT molecular complexity index is 1990. The molecule has 0 radical (unpaired) electrons. The van der Waals surface area contributed by atoms with Crippen LogP contribution in [0.5, 0.6) is 0 Å². The first-order valence-corrected chi connectivity index (χ1v) is 22.7. The Morgan fingerprint density at radius 3 is 2.09 bits per heavy atom. The van der Waals surface area contributed by atoms with Crippen LogP contribution >= 0.6 is 0 Å². The molecule has 2 N–H and O–H groups in total. The molecular formula is C49H66F2N4O9. The summed E-state index contributed by atoms with van der Waals surface area (Å²) < 4.78 is 37.4. The molecule has 4 rings (SSSR count). The van der Waals surface area contributed by atoms with Gasteiger partial charge in [-0.1, -0.05) is 95.6 Å². The summed E-state index contributed by atoms with van der Waals surface area (Å²) in [6, 6.07) is 12.7. The average molecular weight is 893 g/mol. The van der Waals surface area contributed by atoms with Crippen molar-refractivity contribution in [3.63, 3.8) is 0 Å². The predicted molar refractivity (Wildman–Crippen MR) is 236 cm³/mol. The van der Waals surface area contributed by atoms with E-state index in [0.29, 0.717) is 44.3 Å². The van der Waals surface area contributed by atoms with Gasteiger partial charge in [0.25, 0.3) is 5.91 Å². The van der Waals surface area contributed by atoms with Crippen molar-refractivity contribution in [2.45, 2.75) is 149 Å². The predicted octanol–water partition coefficient (Wildman–Crippen LogP) is 7.13. The molecule has 15 heteroatoms. The highest BCUT2D eigenvalue weighted by molar-refractivity contribution is 6.09. The summed E-state index contributed by atoms with van der Waals surface area (Å²) in [5.41, 5.74) is 2.61. The number of amides is 4. The minimum absolute atomic E-state index is 0.0283. The van der Waals surface area contributed by atoms with Crippen LogP contribution in [0.2, 0.25) is 0 Å². The SMILES string of the molecule is CCC[C@H](CC(=O)[C@@H]1C[C@@H](OC(=O)N2CCc3ccccc3C2)CN1C(=O)[C@@H](NC(=O)[C@@H](CC(=O)CCCCC(C)=O)C(C)C)C(C)C)C(=O)C(F)(F)C(=O)N[C@@H](C)c1ccccc1. The number of alkyl halides is 2. The Hall–Kier alpha value is -5.34. The first-order valence-electron chi connectivity index (χ1n) is 22.7. The van der Waals surface area contributed by atoms with E-state index < -0.39 is 89.7 Å². The number of rotatable bonds is 23. The van der Waals surface area contributed by atoms with E-state index in [1.165, 1.54) is 23.6 Å². The van der Waals surface area contributed by atoms with E-state index in [4.69, 9.17) is 4.74 Å². The van der Waals surface area contributed by atoms with Gasteiger partial charge >= 0.3 is 12.0 Å². The van der Waals surface area contributed by atoms with Crippen LogP contribution in [0.4, 0.5) is 13.6 Å². The van der Waals surface area contributed by atoms with E-state index in [1.807, 2.05) is 24.3 Å². The molecule has 0 aliphatic carbocycles. The molecule has 1 saturated heterocycles. The van der Waals surface area contributed by atoms with Gasteiger partial charge in [0.2, 0.25) is 17.6 Å². The Morgan fingerprint density at radius 1 is 0.828 bits per heavy atom. The summed E-state index contributed by atoms with van der Waals surface area (Å²) in [6.45, 7) is 12.1. The van der Waals surface area contributed by atoms with Crippen LogP contribution in [0.25, 0.3) is 0 Å². The maximum atomic E-state index is 15.7. The smallest absolute Gasteiger partial charge is 0.410 e. The fraction of sp³-hybridized carbons (Fsp3) is 0.592. The molecule has 2 aliphatic heterocycles. The zero-order chi connectivity index (χ0) is 47.3. The van der Waals surface area contributed by atoms with Gasteiger partial charge in [-0.05, 0) is 68.1 Å². The normalized spacial score (nSPS) is 18.1. The van der Waals surface area contributed by atoms with Gasteiger partial charge in [0.15, 0.2) is 5.78 Å². The Labute approximate surface area is 375 Å². The van der Waals surface area contributed by atoms with Crippen LogP contribution in [0.3, 0.4) is 0 Å². The van der Waals surface area contributed by atoms with E-state index in [-0.39, 0.29) is 56.1 Å². The molecular weight excluding hydrogens is 827 g/mol. The summed E-state index contributed by atoms with van der Waals surface area (Å²) in [7, 11) is 0. The van der Waals surface area contributed by atoms with Crippen LogP contribution in [-0.4, -0.2) is 93.9 Å². The number of hydrogen-bond acceptors (Lipinski definition) is 9. The molecule has 2 aromatic rings. The number of halogens is 2. The molecule has 6 atom stereocenters. The molecule has 13 nitrogen and oxygen atoms in total. The number of ketones is 4. The van der Waals surface area contributed by atoms with Crippen LogP contribution in [-0.2, 0) is 51.3 Å². The molecule has 0 spiro atoms. The molecule has 0 saturated carbocycles. The molecule has 64 heavy (non-hydrogen) atoms. The van der Waals surface area contributed by atoms with Crippen LogP contribution < -0.4 is 10.6 Å². The van der Waals surface area contributed by atoms with Crippen LogP contribution in [0, 0.1) is 23.7 Å². The molecule has 1 fully saturated rings. The van der Waals surface area contributed by atoms with Gasteiger partial charge in [-0.3, -0.25) is 28.8 Å². The van der Waals surface area contributed by atoms with Crippen LogP contribution in [0.15, 0.2) is 54.6 Å². The lowest BCUT2D eigenvalue weighted by Crippen LogP contribution is -2.55. The highest BCUT2D eigenvalue weighted by atomic mass is 19.3. The largest absolute Gasteiger partial charge is 0.444 e. The second kappa shape index (κ2) is 23.5. The van der Waals surface area contributed by atoms with Gasteiger partial charge in [0, 0.05) is 57.0 Å². The topological polar surface area (TPSA) is 176 Å². The minimum atomic E-state index is -4.48. The van der Waals surface area contributed by atoms with E-state index in [0.717, 1.165) is 11.1 Å². The number of unbranched alkanes of at least 4 members (excludes halogenated alkanes) is 1. The van der Waals surface area contributed by atoms with Gasteiger partial charge < -0.3 is 30.0 Å². The highest BCUT2D eigenvalue weighted by Crippen LogP contribution is 2.32. The van der Waals surface area contributed by atoms with Crippen molar-refractivity contribution in [1.82, 2.24) is 20.4 Å². The average Bonchev–Trinajstić information content (AvgIpc) is 3.69. The molecule has 0 unspecified atom stereocenters. The molecule has 0 aromatic heterocycles. The molecule has 2 heterocycles. The monoisotopic (exact) mass is 892 g/mol. The Morgan fingerprint density at radius 2 is 1.47 bits per heavy atom. The lowest BCUT2D eigenvalue weighted by atomic mass is 9.87. The zero-order valence-corrected chi connectivity index (χ0v) is 38.3. The van der Waals surface area contributed by atoms with E-state index >= 15 is 8.78 Å². The van der Waals surface area contributed by atoms with Gasteiger partial charge in [-0.15, -0.1) is 0 Å². The van der Waals surface area contributed by atoms with Gasteiger partial charge in [-0.2, -0.15) is 8.78 Å². The molecule has 0 bridgehead atoms. The number of likely N-dealkylation sites (tertiary alicyclic amines) is 1. The Kier molecular flexibility index (Phi) is 18.9. The number of ether oxygens (including phenoxy) is 1. The quantitative estimate of drug-likeness (QED) is 0.0869. The molecule has 350 valence electrons. The second-order valence-corrected chi connectivity index (χ2v) is 18.1.